The van der Waals surface area contributed by atoms with Gasteiger partial charge in [0.05, 0.1) is 28.4 Å². The van der Waals surface area contributed by atoms with Crippen LogP contribution in [0.5, 0.6) is 11.5 Å². The van der Waals surface area contributed by atoms with Crippen LogP contribution in [0.25, 0.3) is 0 Å². The first-order chi connectivity index (χ1) is 22.8. The summed E-state index contributed by atoms with van der Waals surface area (Å²) in [5.74, 6) is -3.84. The fourth-order valence-electron chi connectivity index (χ4n) is 7.92. The Labute approximate surface area is 282 Å². The molecular formula is C31H30N4O10S3. The van der Waals surface area contributed by atoms with Gasteiger partial charge in [-0.25, -0.2) is 13.6 Å². The summed E-state index contributed by atoms with van der Waals surface area (Å²) in [6, 6.07) is 10.7. The number of thiazole rings is 1. The van der Waals surface area contributed by atoms with Crippen LogP contribution in [0.1, 0.15) is 29.7 Å². The van der Waals surface area contributed by atoms with Gasteiger partial charge < -0.3 is 24.9 Å². The van der Waals surface area contributed by atoms with Gasteiger partial charge in [-0.1, -0.05) is 17.4 Å². The molecular weight excluding hydrogens is 685 g/mol. The normalized spacial score (nSPS) is 27.0. The number of nitrogens with zero attached hydrogens (tertiary/aromatic N) is 1. The largest absolute Gasteiger partial charge is 0.490 e. The monoisotopic (exact) mass is 714 g/mol. The van der Waals surface area contributed by atoms with Gasteiger partial charge in [0, 0.05) is 21.7 Å². The minimum Gasteiger partial charge on any atom is -0.490 e. The van der Waals surface area contributed by atoms with E-state index in [9.17, 15) is 37.5 Å². The highest BCUT2D eigenvalue weighted by molar-refractivity contribution is 8.00. The highest BCUT2D eigenvalue weighted by Gasteiger charge is 2.69. The Balaban J connectivity index is 1.15. The molecule has 14 nitrogen and oxygen atoms in total. The molecule has 2 aromatic carbocycles. The minimum atomic E-state index is -3.87. The molecule has 48 heavy (non-hydrogen) atoms. The Hall–Kier alpha value is -4.19. The van der Waals surface area contributed by atoms with E-state index < -0.39 is 52.1 Å². The maximum atomic E-state index is 13.5. The Kier molecular flexibility index (Phi) is 8.12. The zero-order valence-electron chi connectivity index (χ0n) is 25.3. The van der Waals surface area contributed by atoms with Crippen molar-refractivity contribution in [3.05, 3.63) is 62.6 Å². The molecule has 5 N–H and O–H groups in total. The first-order valence-electron chi connectivity index (χ1n) is 15.1. The molecule has 1 aromatic heterocycles. The number of aromatic nitrogens is 1. The number of nitrogens with one attached hydrogen (secondary N) is 2. The number of amides is 3. The number of nitrogens with two attached hydrogens (primary N) is 1. The lowest BCUT2D eigenvalue weighted by atomic mass is 9.68. The fourth-order valence-corrected chi connectivity index (χ4v) is 11.3. The molecule has 17 heteroatoms. The van der Waals surface area contributed by atoms with E-state index in [0.717, 1.165) is 31.7 Å². The Morgan fingerprint density at radius 2 is 1.75 bits per heavy atom. The summed E-state index contributed by atoms with van der Waals surface area (Å²) in [4.78, 5) is 67.9. The number of likely N-dealkylation sites (tertiary alicyclic amines) is 1. The molecule has 3 aromatic rings. The molecule has 2 aliphatic heterocycles. The number of rotatable bonds is 10. The number of hydrogen-bond acceptors (Lipinski definition) is 11. The molecule has 252 valence electrons. The van der Waals surface area contributed by atoms with E-state index >= 15 is 0 Å². The number of fused-ring (bicyclic) bond motifs is 9. The van der Waals surface area contributed by atoms with E-state index in [1.54, 1.807) is 13.0 Å². The molecule has 3 heterocycles. The number of hydrogen-bond donors (Lipinski definition) is 4. The minimum absolute atomic E-state index is 0.0743. The van der Waals surface area contributed by atoms with Gasteiger partial charge in [0.15, 0.2) is 18.1 Å². The van der Waals surface area contributed by atoms with Crippen molar-refractivity contribution < 1.29 is 42.2 Å². The van der Waals surface area contributed by atoms with Crippen LogP contribution >= 0.6 is 23.1 Å². The SMILES string of the molecule is CCOc1cc([C@H]2c3sc(=O)[nH]c3SC3C4CC(C5C(=O)N(CC(=O)O)C(=O)C45)C32)ccc1OCC(=O)Nc1ccc(S(N)(=O)=O)cc1. The van der Waals surface area contributed by atoms with E-state index in [4.69, 9.17) is 14.6 Å². The van der Waals surface area contributed by atoms with Gasteiger partial charge in [-0.05, 0) is 73.1 Å². The van der Waals surface area contributed by atoms with Crippen molar-refractivity contribution in [3.8, 4) is 11.5 Å². The van der Waals surface area contributed by atoms with E-state index in [0.29, 0.717) is 30.2 Å². The van der Waals surface area contributed by atoms with Crippen molar-refractivity contribution in [2.45, 2.75) is 34.4 Å². The number of aliphatic carboxylic acids is 1. The second kappa shape index (κ2) is 12.0. The number of anilines is 1. The molecule has 3 fully saturated rings. The summed E-state index contributed by atoms with van der Waals surface area (Å²) in [6.07, 6.45) is 0.658. The van der Waals surface area contributed by atoms with Crippen molar-refractivity contribution in [3.63, 3.8) is 0 Å². The van der Waals surface area contributed by atoms with Crippen LogP contribution in [0.2, 0.25) is 0 Å². The number of imide groups is 1. The molecule has 0 radical (unpaired) electrons. The van der Waals surface area contributed by atoms with E-state index in [1.165, 1.54) is 36.0 Å². The summed E-state index contributed by atoms with van der Waals surface area (Å²) in [5, 5.41) is 17.8. The first-order valence-corrected chi connectivity index (χ1v) is 18.4. The van der Waals surface area contributed by atoms with Gasteiger partial charge >= 0.3 is 10.8 Å². The maximum absolute atomic E-state index is 13.5. The zero-order chi connectivity index (χ0) is 34.1. The number of carboxylic acids is 1. The van der Waals surface area contributed by atoms with Gasteiger partial charge in [-0.15, -0.1) is 11.8 Å². The summed E-state index contributed by atoms with van der Waals surface area (Å²) < 4.78 is 34.7. The topological polar surface area (TPSA) is 215 Å². The lowest BCUT2D eigenvalue weighted by Gasteiger charge is -2.43. The molecule has 2 bridgehead atoms. The number of aromatic amines is 1. The van der Waals surface area contributed by atoms with Crippen LogP contribution in [-0.2, 0) is 29.2 Å². The van der Waals surface area contributed by atoms with Crippen molar-refractivity contribution in [1.82, 2.24) is 9.88 Å². The van der Waals surface area contributed by atoms with Crippen LogP contribution in [0.4, 0.5) is 5.69 Å². The number of H-pyrrole nitrogens is 1. The lowest BCUT2D eigenvalue weighted by molar-refractivity contribution is -0.149. The molecule has 0 spiro atoms. The van der Waals surface area contributed by atoms with Crippen LogP contribution < -0.4 is 24.8 Å². The quantitative estimate of drug-likeness (QED) is 0.223. The number of thioether (sulfide) groups is 1. The third kappa shape index (κ3) is 5.47. The van der Waals surface area contributed by atoms with Crippen LogP contribution in [-0.4, -0.2) is 72.1 Å². The van der Waals surface area contributed by atoms with Crippen molar-refractivity contribution in [2.75, 3.05) is 25.1 Å². The number of carboxylic acid groups (broad SMARTS) is 1. The molecule has 1 saturated heterocycles. The average Bonchev–Trinajstić information content (AvgIpc) is 3.76. The Morgan fingerprint density at radius 3 is 2.42 bits per heavy atom. The highest BCUT2D eigenvalue weighted by atomic mass is 32.2. The zero-order valence-corrected chi connectivity index (χ0v) is 27.7. The van der Waals surface area contributed by atoms with Gasteiger partial charge in [0.2, 0.25) is 21.8 Å². The Morgan fingerprint density at radius 1 is 1.04 bits per heavy atom. The summed E-state index contributed by atoms with van der Waals surface area (Å²) in [5.41, 5.74) is 1.17. The summed E-state index contributed by atoms with van der Waals surface area (Å²) in [6.45, 7) is 1.07. The second-order valence-corrected chi connectivity index (χ2v) is 15.9. The van der Waals surface area contributed by atoms with Gasteiger partial charge in [0.25, 0.3) is 5.91 Å². The highest BCUT2D eigenvalue weighted by Crippen LogP contribution is 2.68. The average molecular weight is 715 g/mol. The molecule has 2 aliphatic carbocycles. The standard InChI is InChI=1S/C31H30N4O10S3/c1-2-44-19-9-13(3-8-18(19)45-12-20(36)33-14-4-6-15(7-5-14)48(32,42)43)22-23-16-10-17(26(23)46-28-27(22)47-31(41)34-28)25-24(16)29(39)35(30(25)40)11-21(37)38/h3-9,16-17,22-26H,2,10-12H2,1H3,(H,33,36)(H,34,41)(H,37,38)(H2,32,42,43)/t16?,17?,22-,23?,24?,25?,26?/m1/s1. The number of benzene rings is 2. The molecule has 7 rings (SSSR count). The summed E-state index contributed by atoms with van der Waals surface area (Å²) >= 11 is 2.64. The lowest BCUT2D eigenvalue weighted by Crippen LogP contribution is -2.42. The van der Waals surface area contributed by atoms with E-state index in [1.807, 2.05) is 12.1 Å². The van der Waals surface area contributed by atoms with Crippen LogP contribution in [0, 0.1) is 29.6 Å². The second-order valence-electron chi connectivity index (χ2n) is 12.2. The Bertz CT molecular complexity index is 2010. The van der Waals surface area contributed by atoms with Crippen LogP contribution in [0.15, 0.2) is 57.2 Å². The third-order valence-electron chi connectivity index (χ3n) is 9.56. The van der Waals surface area contributed by atoms with Crippen molar-refractivity contribution in [1.29, 1.82) is 0 Å². The molecule has 7 atom stereocenters. The molecule has 6 unspecified atom stereocenters. The van der Waals surface area contributed by atoms with Gasteiger partial charge in [-0.3, -0.25) is 28.9 Å². The number of sulfonamides is 1. The predicted octanol–water partition coefficient (Wildman–Crippen LogP) is 2.06. The first kappa shape index (κ1) is 32.4. The molecule has 4 aliphatic rings. The molecule has 3 amide bonds. The smallest absolute Gasteiger partial charge is 0.323 e. The number of primary sulfonamides is 1. The van der Waals surface area contributed by atoms with E-state index in [-0.39, 0.29) is 45.3 Å². The van der Waals surface area contributed by atoms with Crippen LogP contribution in [0.3, 0.4) is 0 Å². The number of ether oxygens (including phenoxy) is 2. The predicted molar refractivity (Wildman–Crippen MR) is 172 cm³/mol. The van der Waals surface area contributed by atoms with Gasteiger partial charge in [0.1, 0.15) is 6.54 Å². The number of carbonyl (C=O) groups excluding carboxylic acids is 3. The number of carbonyl (C=O) groups is 4. The van der Waals surface area contributed by atoms with E-state index in [2.05, 4.69) is 10.3 Å². The molecule has 2 saturated carbocycles. The fraction of sp³-hybridized carbons (Fsp3) is 0.387. The maximum Gasteiger partial charge on any atom is 0.323 e. The van der Waals surface area contributed by atoms with Gasteiger partial charge in [-0.2, -0.15) is 0 Å². The van der Waals surface area contributed by atoms with Crippen molar-refractivity contribution in [2.24, 2.45) is 34.7 Å². The summed E-state index contributed by atoms with van der Waals surface area (Å²) in [7, 11) is -3.87. The third-order valence-corrected chi connectivity index (χ3v) is 13.1. The van der Waals surface area contributed by atoms with Crippen molar-refractivity contribution >= 4 is 62.5 Å².